The monoisotopic (exact) mass is 249 g/mol. The summed E-state index contributed by atoms with van der Waals surface area (Å²) >= 11 is 0. The number of rotatable bonds is 3. The lowest BCUT2D eigenvalue weighted by Crippen LogP contribution is -2.49. The maximum Gasteiger partial charge on any atom is 0.0492 e. The number of nitrogens with two attached hydrogens (primary N) is 1. The lowest BCUT2D eigenvalue weighted by molar-refractivity contribution is 0.102. The van der Waals surface area contributed by atoms with Gasteiger partial charge in [-0.05, 0) is 49.5 Å². The van der Waals surface area contributed by atoms with Gasteiger partial charge in [0, 0.05) is 24.5 Å². The first-order valence-electron chi connectivity index (χ1n) is 7.05. The van der Waals surface area contributed by atoms with Gasteiger partial charge in [-0.25, -0.2) is 0 Å². The molecule has 1 aromatic rings. The Morgan fingerprint density at radius 1 is 1.44 bits per heavy atom. The Morgan fingerprint density at radius 3 is 2.72 bits per heavy atom. The molecule has 2 N–H and O–H groups in total. The first-order valence-corrected chi connectivity index (χ1v) is 7.05. The van der Waals surface area contributed by atoms with Crippen LogP contribution >= 0.6 is 0 Å². The highest BCUT2D eigenvalue weighted by Crippen LogP contribution is 2.44. The fraction of sp³-hybridized carbons (Fsp3) is 0.800. The minimum Gasteiger partial charge on any atom is -0.325 e. The van der Waals surface area contributed by atoms with E-state index in [0.29, 0.717) is 5.41 Å². The molecule has 2 rings (SSSR count). The normalized spacial score (nSPS) is 31.5. The molecule has 18 heavy (non-hydrogen) atoms. The van der Waals surface area contributed by atoms with E-state index in [-0.39, 0.29) is 5.54 Å². The van der Waals surface area contributed by atoms with Gasteiger partial charge in [0.15, 0.2) is 0 Å². The first kappa shape index (κ1) is 13.6. The molecule has 0 saturated heterocycles. The average molecular weight is 249 g/mol. The van der Waals surface area contributed by atoms with Crippen molar-refractivity contribution in [3.8, 4) is 0 Å². The summed E-state index contributed by atoms with van der Waals surface area (Å²) in [6.45, 7) is 7.05. The summed E-state index contributed by atoms with van der Waals surface area (Å²) < 4.78 is 1.96. The minimum atomic E-state index is 0.00539. The molecule has 0 aliphatic heterocycles. The van der Waals surface area contributed by atoms with Crippen molar-refractivity contribution in [1.29, 1.82) is 0 Å². The van der Waals surface area contributed by atoms with E-state index in [0.717, 1.165) is 31.6 Å². The van der Waals surface area contributed by atoms with E-state index >= 15 is 0 Å². The van der Waals surface area contributed by atoms with Gasteiger partial charge in [-0.15, -0.1) is 0 Å². The molecule has 0 spiro atoms. The van der Waals surface area contributed by atoms with E-state index < -0.39 is 0 Å². The van der Waals surface area contributed by atoms with Crippen LogP contribution in [-0.2, 0) is 13.5 Å². The van der Waals surface area contributed by atoms with Crippen LogP contribution in [0.15, 0.2) is 12.3 Å². The summed E-state index contributed by atoms with van der Waals surface area (Å²) in [5.41, 5.74) is 8.34. The summed E-state index contributed by atoms with van der Waals surface area (Å²) in [5, 5.41) is 4.22. The van der Waals surface area contributed by atoms with E-state index in [1.54, 1.807) is 0 Å². The van der Waals surface area contributed by atoms with Gasteiger partial charge in [0.1, 0.15) is 0 Å². The van der Waals surface area contributed by atoms with E-state index in [4.69, 9.17) is 5.73 Å². The minimum absolute atomic E-state index is 0.00539. The van der Waals surface area contributed by atoms with Crippen molar-refractivity contribution in [2.24, 2.45) is 24.1 Å². The quantitative estimate of drug-likeness (QED) is 0.895. The van der Waals surface area contributed by atoms with Gasteiger partial charge in [-0.1, -0.05) is 20.8 Å². The molecule has 1 heterocycles. The number of aryl methyl sites for hydroxylation is 2. The highest BCUT2D eigenvalue weighted by Gasteiger charge is 2.39. The predicted octanol–water partition coefficient (Wildman–Crippen LogP) is 2.90. The third-order valence-electron chi connectivity index (χ3n) is 4.29. The van der Waals surface area contributed by atoms with Gasteiger partial charge < -0.3 is 5.73 Å². The molecule has 1 saturated carbocycles. The summed E-state index contributed by atoms with van der Waals surface area (Å²) in [6, 6.07) is 2.10. The van der Waals surface area contributed by atoms with E-state index in [1.165, 1.54) is 12.1 Å². The Bertz CT molecular complexity index is 408. The Balaban J connectivity index is 2.01. The van der Waals surface area contributed by atoms with Gasteiger partial charge in [0.25, 0.3) is 0 Å². The van der Waals surface area contributed by atoms with Crippen molar-refractivity contribution in [3.63, 3.8) is 0 Å². The molecule has 1 fully saturated rings. The third kappa shape index (κ3) is 3.14. The summed E-state index contributed by atoms with van der Waals surface area (Å²) in [4.78, 5) is 0. The average Bonchev–Trinajstić information content (AvgIpc) is 2.57. The fourth-order valence-electron chi connectivity index (χ4n) is 4.02. The zero-order chi connectivity index (χ0) is 13.4. The maximum atomic E-state index is 6.66. The number of aromatic nitrogens is 2. The highest BCUT2D eigenvalue weighted by molar-refractivity contribution is 5.04. The van der Waals surface area contributed by atoms with Crippen molar-refractivity contribution < 1.29 is 0 Å². The van der Waals surface area contributed by atoms with Gasteiger partial charge in [-0.2, -0.15) is 5.10 Å². The third-order valence-corrected chi connectivity index (χ3v) is 4.29. The van der Waals surface area contributed by atoms with Crippen LogP contribution in [0.5, 0.6) is 0 Å². The van der Waals surface area contributed by atoms with E-state index in [1.807, 2.05) is 17.9 Å². The summed E-state index contributed by atoms with van der Waals surface area (Å²) in [5.74, 6) is 0.741. The molecule has 3 nitrogen and oxygen atoms in total. The molecule has 1 aromatic heterocycles. The molecule has 3 heteroatoms. The lowest BCUT2D eigenvalue weighted by Gasteiger charge is -2.45. The second-order valence-corrected chi connectivity index (χ2v) is 7.16. The van der Waals surface area contributed by atoms with Crippen LogP contribution in [0, 0.1) is 11.3 Å². The van der Waals surface area contributed by atoms with Gasteiger partial charge in [-0.3, -0.25) is 4.68 Å². The van der Waals surface area contributed by atoms with Crippen LogP contribution in [0.4, 0.5) is 0 Å². The van der Waals surface area contributed by atoms with Crippen molar-refractivity contribution in [2.45, 2.75) is 58.4 Å². The van der Waals surface area contributed by atoms with Gasteiger partial charge in [0.2, 0.25) is 0 Å². The second kappa shape index (κ2) is 4.69. The van der Waals surface area contributed by atoms with E-state index in [2.05, 4.69) is 31.9 Å². The molecule has 0 radical (unpaired) electrons. The number of nitrogens with zero attached hydrogens (tertiary/aromatic N) is 2. The zero-order valence-corrected chi connectivity index (χ0v) is 12.2. The standard InChI is InChI=1S/C15H27N3/c1-12-9-14(2,3)11-15(16,10-12)7-5-13-6-8-17-18(13)4/h6,8,12H,5,7,9-11,16H2,1-4H3. The smallest absolute Gasteiger partial charge is 0.0492 e. The Labute approximate surface area is 111 Å². The molecule has 2 unspecified atom stereocenters. The SMILES string of the molecule is CC1CC(C)(C)CC(N)(CCc2ccnn2C)C1. The van der Waals surface area contributed by atoms with Crippen molar-refractivity contribution in [2.75, 3.05) is 0 Å². The summed E-state index contributed by atoms with van der Waals surface area (Å²) in [6.07, 6.45) is 7.58. The lowest BCUT2D eigenvalue weighted by atomic mass is 9.63. The summed E-state index contributed by atoms with van der Waals surface area (Å²) in [7, 11) is 2.01. The molecular weight excluding hydrogens is 222 g/mol. The van der Waals surface area contributed by atoms with Crippen molar-refractivity contribution in [1.82, 2.24) is 9.78 Å². The van der Waals surface area contributed by atoms with Crippen LogP contribution in [-0.4, -0.2) is 15.3 Å². The Hall–Kier alpha value is -0.830. The molecule has 0 aromatic carbocycles. The van der Waals surface area contributed by atoms with Crippen LogP contribution in [0.2, 0.25) is 0 Å². The molecule has 2 atom stereocenters. The van der Waals surface area contributed by atoms with Gasteiger partial charge >= 0.3 is 0 Å². The van der Waals surface area contributed by atoms with Crippen LogP contribution in [0.3, 0.4) is 0 Å². The van der Waals surface area contributed by atoms with Crippen LogP contribution < -0.4 is 5.73 Å². The van der Waals surface area contributed by atoms with Gasteiger partial charge in [0.05, 0.1) is 0 Å². The molecule has 1 aliphatic rings. The number of hydrogen-bond donors (Lipinski definition) is 1. The molecular formula is C15H27N3. The zero-order valence-electron chi connectivity index (χ0n) is 12.2. The molecule has 1 aliphatic carbocycles. The molecule has 102 valence electrons. The Kier molecular flexibility index (Phi) is 3.54. The van der Waals surface area contributed by atoms with Crippen molar-refractivity contribution >= 4 is 0 Å². The Morgan fingerprint density at radius 2 is 2.17 bits per heavy atom. The predicted molar refractivity (Wildman–Crippen MR) is 75.2 cm³/mol. The topological polar surface area (TPSA) is 43.8 Å². The molecule has 0 bridgehead atoms. The maximum absolute atomic E-state index is 6.66. The second-order valence-electron chi connectivity index (χ2n) is 7.16. The van der Waals surface area contributed by atoms with Crippen molar-refractivity contribution in [3.05, 3.63) is 18.0 Å². The van der Waals surface area contributed by atoms with E-state index in [9.17, 15) is 0 Å². The van der Waals surface area contributed by atoms with Crippen LogP contribution in [0.25, 0.3) is 0 Å². The molecule has 0 amide bonds. The highest BCUT2D eigenvalue weighted by atomic mass is 15.2. The number of hydrogen-bond acceptors (Lipinski definition) is 2. The van der Waals surface area contributed by atoms with Crippen LogP contribution in [0.1, 0.15) is 52.1 Å². The first-order chi connectivity index (χ1) is 8.30. The fourth-order valence-corrected chi connectivity index (χ4v) is 4.02. The largest absolute Gasteiger partial charge is 0.325 e.